The van der Waals surface area contributed by atoms with Crippen LogP contribution in [-0.4, -0.2) is 0 Å². The highest BCUT2D eigenvalue weighted by Gasteiger charge is 2.12. The van der Waals surface area contributed by atoms with Crippen LogP contribution in [0.3, 0.4) is 0 Å². The van der Waals surface area contributed by atoms with Crippen LogP contribution in [0.5, 0.6) is 0 Å². The van der Waals surface area contributed by atoms with Gasteiger partial charge in [0.15, 0.2) is 0 Å². The molecule has 0 aromatic carbocycles. The average Bonchev–Trinajstić information content (AvgIpc) is 2.04. The second kappa shape index (κ2) is 6.12. The lowest BCUT2D eigenvalue weighted by atomic mass is 9.86. The third kappa shape index (κ3) is 4.44. The Labute approximate surface area is 77.8 Å². The van der Waals surface area contributed by atoms with E-state index in [9.17, 15) is 0 Å². The van der Waals surface area contributed by atoms with E-state index in [1.54, 1.807) is 0 Å². The third-order valence-electron chi connectivity index (χ3n) is 2.61. The molecule has 0 aromatic heterocycles. The smallest absolute Gasteiger partial charge is 0.0200 e. The van der Waals surface area contributed by atoms with Crippen LogP contribution in [0.15, 0.2) is 0 Å². The molecule has 0 fully saturated rings. The minimum Gasteiger partial charge on any atom is -0.120 e. The van der Waals surface area contributed by atoms with Crippen LogP contribution in [0.25, 0.3) is 0 Å². The van der Waals surface area contributed by atoms with Crippen molar-refractivity contribution in [2.45, 2.75) is 47.0 Å². The Kier molecular flexibility index (Phi) is 5.89. The molecule has 0 heteroatoms. The van der Waals surface area contributed by atoms with Crippen LogP contribution in [0.4, 0.5) is 0 Å². The van der Waals surface area contributed by atoms with E-state index in [0.717, 1.165) is 11.8 Å². The zero-order valence-electron chi connectivity index (χ0n) is 8.93. The fourth-order valence-corrected chi connectivity index (χ4v) is 1.49. The van der Waals surface area contributed by atoms with E-state index in [1.807, 2.05) is 0 Å². The van der Waals surface area contributed by atoms with Crippen molar-refractivity contribution in [2.24, 2.45) is 17.8 Å². The van der Waals surface area contributed by atoms with E-state index in [-0.39, 0.29) is 0 Å². The molecule has 0 saturated carbocycles. The molecular weight excluding hydrogens is 144 g/mol. The highest BCUT2D eigenvalue weighted by molar-refractivity contribution is 4.93. The van der Waals surface area contributed by atoms with Crippen LogP contribution in [-0.2, 0) is 0 Å². The van der Waals surface area contributed by atoms with Gasteiger partial charge in [-0.15, -0.1) is 12.3 Å². The molecule has 0 aromatic rings. The zero-order chi connectivity index (χ0) is 9.56. The summed E-state index contributed by atoms with van der Waals surface area (Å²) in [5, 5.41) is 0. The normalized spacial score (nSPS) is 15.7. The molecule has 12 heavy (non-hydrogen) atoms. The Morgan fingerprint density at radius 3 is 2.08 bits per heavy atom. The molecule has 0 radical (unpaired) electrons. The monoisotopic (exact) mass is 166 g/mol. The van der Waals surface area contributed by atoms with E-state index in [1.165, 1.54) is 19.3 Å². The van der Waals surface area contributed by atoms with Crippen molar-refractivity contribution in [1.82, 2.24) is 0 Å². The van der Waals surface area contributed by atoms with Gasteiger partial charge in [0, 0.05) is 5.92 Å². The summed E-state index contributed by atoms with van der Waals surface area (Å²) >= 11 is 0. The summed E-state index contributed by atoms with van der Waals surface area (Å²) in [7, 11) is 0. The fraction of sp³-hybridized carbons (Fsp3) is 0.833. The standard InChI is InChI=1S/C12H22/c1-6-11(5)12(7-2)9-8-10(3)4/h1,10-12H,7-9H2,2-5H3. The van der Waals surface area contributed by atoms with Gasteiger partial charge in [0.1, 0.15) is 0 Å². The first-order valence-electron chi connectivity index (χ1n) is 5.07. The van der Waals surface area contributed by atoms with Crippen molar-refractivity contribution in [2.75, 3.05) is 0 Å². The van der Waals surface area contributed by atoms with Crippen LogP contribution in [0.2, 0.25) is 0 Å². The molecule has 0 aliphatic carbocycles. The molecule has 0 rings (SSSR count). The molecule has 2 atom stereocenters. The van der Waals surface area contributed by atoms with Gasteiger partial charge in [0.2, 0.25) is 0 Å². The Hall–Kier alpha value is -0.440. The summed E-state index contributed by atoms with van der Waals surface area (Å²) < 4.78 is 0. The summed E-state index contributed by atoms with van der Waals surface area (Å²) in [5.41, 5.74) is 0. The summed E-state index contributed by atoms with van der Waals surface area (Å²) in [4.78, 5) is 0. The number of terminal acetylenes is 1. The maximum Gasteiger partial charge on any atom is 0.0200 e. The summed E-state index contributed by atoms with van der Waals surface area (Å²) in [6.45, 7) is 8.94. The van der Waals surface area contributed by atoms with Crippen LogP contribution < -0.4 is 0 Å². The van der Waals surface area contributed by atoms with Gasteiger partial charge in [-0.2, -0.15) is 0 Å². The molecule has 2 unspecified atom stereocenters. The Balaban J connectivity index is 3.77. The molecule has 70 valence electrons. The SMILES string of the molecule is C#CC(C)C(CC)CCC(C)C. The Bertz CT molecular complexity index is 139. The molecule has 0 spiro atoms. The van der Waals surface area contributed by atoms with E-state index >= 15 is 0 Å². The van der Waals surface area contributed by atoms with Gasteiger partial charge in [-0.25, -0.2) is 0 Å². The maximum absolute atomic E-state index is 5.40. The van der Waals surface area contributed by atoms with Crippen molar-refractivity contribution in [3.05, 3.63) is 0 Å². The Morgan fingerprint density at radius 2 is 1.75 bits per heavy atom. The lowest BCUT2D eigenvalue weighted by Gasteiger charge is -2.18. The Morgan fingerprint density at radius 1 is 1.17 bits per heavy atom. The topological polar surface area (TPSA) is 0 Å². The number of hydrogen-bond acceptors (Lipinski definition) is 0. The summed E-state index contributed by atoms with van der Waals surface area (Å²) in [5.74, 6) is 4.84. The second-order valence-corrected chi connectivity index (χ2v) is 4.09. The first-order chi connectivity index (χ1) is 5.61. The van der Waals surface area contributed by atoms with Crippen molar-refractivity contribution in [3.8, 4) is 12.3 Å². The number of hydrogen-bond donors (Lipinski definition) is 0. The first kappa shape index (κ1) is 11.6. The number of rotatable bonds is 5. The quantitative estimate of drug-likeness (QED) is 0.546. The highest BCUT2D eigenvalue weighted by atomic mass is 14.2. The minimum absolute atomic E-state index is 0.453. The van der Waals surface area contributed by atoms with E-state index in [4.69, 9.17) is 6.42 Å². The van der Waals surface area contributed by atoms with Gasteiger partial charge in [0.25, 0.3) is 0 Å². The van der Waals surface area contributed by atoms with Crippen molar-refractivity contribution >= 4 is 0 Å². The van der Waals surface area contributed by atoms with Gasteiger partial charge in [-0.1, -0.05) is 40.5 Å². The van der Waals surface area contributed by atoms with Crippen molar-refractivity contribution in [3.63, 3.8) is 0 Å². The maximum atomic E-state index is 5.40. The summed E-state index contributed by atoms with van der Waals surface area (Å²) in [6.07, 6.45) is 9.23. The lowest BCUT2D eigenvalue weighted by molar-refractivity contribution is 0.354. The van der Waals surface area contributed by atoms with Crippen molar-refractivity contribution in [1.29, 1.82) is 0 Å². The van der Waals surface area contributed by atoms with E-state index in [0.29, 0.717) is 5.92 Å². The van der Waals surface area contributed by atoms with E-state index < -0.39 is 0 Å². The molecule has 0 N–H and O–H groups in total. The molecule has 0 saturated heterocycles. The van der Waals surface area contributed by atoms with Gasteiger partial charge in [0.05, 0.1) is 0 Å². The van der Waals surface area contributed by atoms with Crippen LogP contribution in [0.1, 0.15) is 47.0 Å². The van der Waals surface area contributed by atoms with E-state index in [2.05, 4.69) is 33.6 Å². The molecule has 0 aliphatic rings. The van der Waals surface area contributed by atoms with Crippen molar-refractivity contribution < 1.29 is 0 Å². The van der Waals surface area contributed by atoms with Gasteiger partial charge < -0.3 is 0 Å². The van der Waals surface area contributed by atoms with Gasteiger partial charge >= 0.3 is 0 Å². The van der Waals surface area contributed by atoms with Crippen LogP contribution in [0, 0.1) is 30.1 Å². The predicted molar refractivity (Wildman–Crippen MR) is 55.9 cm³/mol. The predicted octanol–water partition coefficient (Wildman–Crippen LogP) is 3.72. The molecule has 0 heterocycles. The zero-order valence-corrected chi connectivity index (χ0v) is 8.93. The third-order valence-corrected chi connectivity index (χ3v) is 2.61. The highest BCUT2D eigenvalue weighted by Crippen LogP contribution is 2.22. The molecular formula is C12H22. The van der Waals surface area contributed by atoms with Gasteiger partial charge in [-0.3, -0.25) is 0 Å². The summed E-state index contributed by atoms with van der Waals surface area (Å²) in [6, 6.07) is 0. The largest absolute Gasteiger partial charge is 0.120 e. The van der Waals surface area contributed by atoms with Gasteiger partial charge in [-0.05, 0) is 18.3 Å². The van der Waals surface area contributed by atoms with Crippen LogP contribution >= 0.6 is 0 Å². The second-order valence-electron chi connectivity index (χ2n) is 4.09. The minimum atomic E-state index is 0.453. The average molecular weight is 166 g/mol. The lowest BCUT2D eigenvalue weighted by Crippen LogP contribution is -2.09. The fourth-order valence-electron chi connectivity index (χ4n) is 1.49. The molecule has 0 bridgehead atoms. The first-order valence-corrected chi connectivity index (χ1v) is 5.07. The molecule has 0 nitrogen and oxygen atoms in total. The molecule has 0 amide bonds. The molecule has 0 aliphatic heterocycles.